The van der Waals surface area contributed by atoms with Gasteiger partial charge in [-0.15, -0.1) is 0 Å². The average Bonchev–Trinajstić information content (AvgIpc) is 2.98. The fourth-order valence-corrected chi connectivity index (χ4v) is 3.09. The first-order valence-electron chi connectivity index (χ1n) is 8.27. The number of amides is 1. The van der Waals surface area contributed by atoms with E-state index in [9.17, 15) is 9.90 Å². The quantitative estimate of drug-likeness (QED) is 0.708. The van der Waals surface area contributed by atoms with E-state index in [1.54, 1.807) is 0 Å². The Labute approximate surface area is 152 Å². The number of hydrogen-bond donors (Lipinski definition) is 2. The molecule has 0 spiro atoms. The van der Waals surface area contributed by atoms with Crippen molar-refractivity contribution in [1.82, 2.24) is 9.88 Å². The highest BCUT2D eigenvalue weighted by atomic mass is 35.5. The molecule has 0 aliphatic rings. The van der Waals surface area contributed by atoms with E-state index in [0.29, 0.717) is 17.9 Å². The minimum Gasteiger partial charge on any atom is -0.387 e. The van der Waals surface area contributed by atoms with E-state index in [2.05, 4.69) is 5.32 Å². The first kappa shape index (κ1) is 17.5. The van der Waals surface area contributed by atoms with Crippen LogP contribution in [0.3, 0.4) is 0 Å². The Kier molecular flexibility index (Phi) is 5.41. The number of aryl methyl sites for hydroxylation is 2. The minimum absolute atomic E-state index is 0.0835. The summed E-state index contributed by atoms with van der Waals surface area (Å²) in [7, 11) is 1.98. The lowest BCUT2D eigenvalue weighted by molar-refractivity contribution is -0.121. The number of carbonyl (C=O) groups excluding carboxylic acids is 1. The molecule has 130 valence electrons. The summed E-state index contributed by atoms with van der Waals surface area (Å²) in [5, 5.41) is 14.9. The molecule has 3 aromatic rings. The monoisotopic (exact) mass is 356 g/mol. The van der Waals surface area contributed by atoms with Crippen LogP contribution in [0.15, 0.2) is 54.7 Å². The Morgan fingerprint density at radius 2 is 2.08 bits per heavy atom. The van der Waals surface area contributed by atoms with Crippen molar-refractivity contribution >= 4 is 28.4 Å². The van der Waals surface area contributed by atoms with Gasteiger partial charge in [-0.05, 0) is 53.3 Å². The predicted octanol–water partition coefficient (Wildman–Crippen LogP) is 3.61. The van der Waals surface area contributed by atoms with Gasteiger partial charge in [0.2, 0.25) is 5.91 Å². The average molecular weight is 357 g/mol. The summed E-state index contributed by atoms with van der Waals surface area (Å²) >= 11 is 5.94. The molecule has 1 aromatic heterocycles. The van der Waals surface area contributed by atoms with Crippen molar-refractivity contribution in [3.63, 3.8) is 0 Å². The third-order valence-corrected chi connectivity index (χ3v) is 4.55. The second-order valence-electron chi connectivity index (χ2n) is 6.19. The number of aliphatic hydroxyl groups excluding tert-OH is 1. The van der Waals surface area contributed by atoms with Crippen molar-refractivity contribution in [1.29, 1.82) is 0 Å². The molecule has 2 N–H and O–H groups in total. The number of fused-ring (bicyclic) bond motifs is 1. The van der Waals surface area contributed by atoms with Gasteiger partial charge >= 0.3 is 0 Å². The summed E-state index contributed by atoms with van der Waals surface area (Å²) in [6.07, 6.45) is 2.25. The lowest BCUT2D eigenvalue weighted by Gasteiger charge is -2.13. The van der Waals surface area contributed by atoms with Gasteiger partial charge in [-0.1, -0.05) is 29.8 Å². The molecule has 3 rings (SSSR count). The lowest BCUT2D eigenvalue weighted by atomic mass is 10.1. The number of aliphatic hydroxyl groups is 1. The summed E-state index contributed by atoms with van der Waals surface area (Å²) in [6.45, 7) is 0.201. The smallest absolute Gasteiger partial charge is 0.220 e. The number of rotatable bonds is 6. The molecule has 1 amide bonds. The molecule has 0 fully saturated rings. The molecule has 0 aliphatic carbocycles. The molecular formula is C20H21ClN2O2. The number of nitrogens with zero attached hydrogens (tertiary/aromatic N) is 1. The molecule has 5 heteroatoms. The van der Waals surface area contributed by atoms with Crippen LogP contribution in [0.5, 0.6) is 0 Å². The highest BCUT2D eigenvalue weighted by molar-refractivity contribution is 6.30. The van der Waals surface area contributed by atoms with E-state index in [1.165, 1.54) is 0 Å². The topological polar surface area (TPSA) is 54.3 Å². The molecule has 1 atom stereocenters. The molecule has 0 saturated carbocycles. The van der Waals surface area contributed by atoms with Gasteiger partial charge in [-0.3, -0.25) is 4.79 Å². The molecule has 4 nitrogen and oxygen atoms in total. The maximum atomic E-state index is 12.0. The van der Waals surface area contributed by atoms with Crippen LogP contribution >= 0.6 is 11.6 Å². The SMILES string of the molecule is Cn1ccc2cc([C@H](O)CNC(=O)CCc3cccc(Cl)c3)ccc21. The number of nitrogens with one attached hydrogen (secondary N) is 1. The van der Waals surface area contributed by atoms with Crippen molar-refractivity contribution in [2.24, 2.45) is 7.05 Å². The van der Waals surface area contributed by atoms with Gasteiger partial charge in [0.15, 0.2) is 0 Å². The maximum Gasteiger partial charge on any atom is 0.220 e. The van der Waals surface area contributed by atoms with Crippen molar-refractivity contribution in [2.75, 3.05) is 6.54 Å². The number of aromatic nitrogens is 1. The van der Waals surface area contributed by atoms with Crippen LogP contribution in [-0.4, -0.2) is 22.1 Å². The van der Waals surface area contributed by atoms with Crippen molar-refractivity contribution in [2.45, 2.75) is 18.9 Å². The minimum atomic E-state index is -0.722. The Balaban J connectivity index is 1.52. The highest BCUT2D eigenvalue weighted by Crippen LogP contribution is 2.21. The van der Waals surface area contributed by atoms with Crippen molar-refractivity contribution in [3.8, 4) is 0 Å². The zero-order chi connectivity index (χ0) is 17.8. The number of carbonyl (C=O) groups is 1. The molecule has 0 aliphatic heterocycles. The van der Waals surface area contributed by atoms with Crippen LogP contribution in [0.1, 0.15) is 23.7 Å². The molecule has 0 bridgehead atoms. The summed E-state index contributed by atoms with van der Waals surface area (Å²) in [5.74, 6) is -0.0835. The first-order chi connectivity index (χ1) is 12.0. The van der Waals surface area contributed by atoms with Gasteiger partial charge in [-0.2, -0.15) is 0 Å². The zero-order valence-electron chi connectivity index (χ0n) is 14.1. The third-order valence-electron chi connectivity index (χ3n) is 4.32. The van der Waals surface area contributed by atoms with Crippen LogP contribution in [0.25, 0.3) is 10.9 Å². The number of hydrogen-bond acceptors (Lipinski definition) is 2. The molecule has 0 unspecified atom stereocenters. The molecule has 0 saturated heterocycles. The molecule has 25 heavy (non-hydrogen) atoms. The first-order valence-corrected chi connectivity index (χ1v) is 8.65. The highest BCUT2D eigenvalue weighted by Gasteiger charge is 2.11. The van der Waals surface area contributed by atoms with E-state index in [1.807, 2.05) is 66.3 Å². The molecule has 1 heterocycles. The van der Waals surface area contributed by atoms with E-state index < -0.39 is 6.10 Å². The zero-order valence-corrected chi connectivity index (χ0v) is 14.8. The third kappa shape index (κ3) is 4.41. The van der Waals surface area contributed by atoms with Gasteiger partial charge in [0.25, 0.3) is 0 Å². The predicted molar refractivity (Wildman–Crippen MR) is 101 cm³/mol. The second kappa shape index (κ2) is 7.72. The van der Waals surface area contributed by atoms with Crippen molar-refractivity contribution < 1.29 is 9.90 Å². The molecular weight excluding hydrogens is 336 g/mol. The lowest BCUT2D eigenvalue weighted by Crippen LogP contribution is -2.28. The maximum absolute atomic E-state index is 12.0. The van der Waals surface area contributed by atoms with Crippen molar-refractivity contribution in [3.05, 3.63) is 70.9 Å². The normalized spacial score (nSPS) is 12.3. The molecule has 2 aromatic carbocycles. The van der Waals surface area contributed by atoms with Gasteiger partial charge in [-0.25, -0.2) is 0 Å². The Hall–Kier alpha value is -2.30. The molecule has 0 radical (unpaired) electrons. The fourth-order valence-electron chi connectivity index (χ4n) is 2.87. The number of benzene rings is 2. The summed E-state index contributed by atoms with van der Waals surface area (Å²) in [4.78, 5) is 12.0. The Morgan fingerprint density at radius 1 is 1.24 bits per heavy atom. The summed E-state index contributed by atoms with van der Waals surface area (Å²) in [6, 6.07) is 15.3. The van der Waals surface area contributed by atoms with Crippen LogP contribution in [0, 0.1) is 0 Å². The fraction of sp³-hybridized carbons (Fsp3) is 0.250. The van der Waals surface area contributed by atoms with Crippen LogP contribution in [0.4, 0.5) is 0 Å². The van der Waals surface area contributed by atoms with Gasteiger partial charge in [0.05, 0.1) is 6.10 Å². The van der Waals surface area contributed by atoms with E-state index in [0.717, 1.165) is 22.0 Å². The van der Waals surface area contributed by atoms with E-state index >= 15 is 0 Å². The largest absolute Gasteiger partial charge is 0.387 e. The summed E-state index contributed by atoms with van der Waals surface area (Å²) < 4.78 is 2.03. The second-order valence-corrected chi connectivity index (χ2v) is 6.63. The van der Waals surface area contributed by atoms with Gasteiger partial charge in [0.1, 0.15) is 0 Å². The van der Waals surface area contributed by atoms with Crippen LogP contribution in [-0.2, 0) is 18.3 Å². The van der Waals surface area contributed by atoms with Gasteiger partial charge < -0.3 is 15.0 Å². The van der Waals surface area contributed by atoms with Crippen LogP contribution in [0.2, 0.25) is 5.02 Å². The number of halogens is 1. The Morgan fingerprint density at radius 3 is 2.88 bits per heavy atom. The van der Waals surface area contributed by atoms with E-state index in [4.69, 9.17) is 11.6 Å². The van der Waals surface area contributed by atoms with E-state index in [-0.39, 0.29) is 12.5 Å². The standard InChI is InChI=1S/C20H21ClN2O2/c1-23-10-9-15-12-16(6-7-18(15)23)19(24)13-22-20(25)8-5-14-3-2-4-17(21)11-14/h2-4,6-7,9-12,19,24H,5,8,13H2,1H3,(H,22,25)/t19-/m1/s1. The summed E-state index contributed by atoms with van der Waals surface area (Å²) in [5.41, 5.74) is 2.94. The Bertz CT molecular complexity index is 888. The van der Waals surface area contributed by atoms with Crippen LogP contribution < -0.4 is 5.32 Å². The van der Waals surface area contributed by atoms with Gasteiger partial charge in [0, 0.05) is 36.7 Å².